The maximum absolute atomic E-state index is 13.6. The van der Waals surface area contributed by atoms with Crippen molar-refractivity contribution in [3.8, 4) is 0 Å². The first-order valence-electron chi connectivity index (χ1n) is 18.9. The van der Waals surface area contributed by atoms with Gasteiger partial charge in [-0.15, -0.1) is 35.4 Å². The van der Waals surface area contributed by atoms with E-state index in [1.165, 1.54) is 21.9 Å². The van der Waals surface area contributed by atoms with Crippen molar-refractivity contribution in [3.05, 3.63) is 131 Å². The number of nitrogens with zero attached hydrogens (tertiary/aromatic N) is 2. The van der Waals surface area contributed by atoms with E-state index in [0.29, 0.717) is 52.0 Å². The molecule has 0 bridgehead atoms. The number of hydrogen-bond donors (Lipinski definition) is 0. The summed E-state index contributed by atoms with van der Waals surface area (Å²) in [6.07, 6.45) is 3.39. The van der Waals surface area contributed by atoms with Crippen LogP contribution in [0.25, 0.3) is 0 Å². The van der Waals surface area contributed by atoms with Gasteiger partial charge in [0.15, 0.2) is 0 Å². The number of unbranched alkanes of at least 4 members (excludes halogenated alkanes) is 2. The van der Waals surface area contributed by atoms with E-state index in [1.54, 1.807) is 27.7 Å². The Hall–Kier alpha value is -4.55. The molecule has 0 aliphatic rings. The zero-order valence-electron chi connectivity index (χ0n) is 33.3. The summed E-state index contributed by atoms with van der Waals surface area (Å²) in [5.41, 5.74) is 0.459. The normalized spacial score (nSPS) is 9.82. The second-order valence-corrected chi connectivity index (χ2v) is 12.1. The van der Waals surface area contributed by atoms with Crippen molar-refractivity contribution in [1.29, 1.82) is 0 Å². The van der Waals surface area contributed by atoms with E-state index >= 15 is 0 Å². The van der Waals surface area contributed by atoms with Gasteiger partial charge in [-0.05, 0) is 53.4 Å². The van der Waals surface area contributed by atoms with Gasteiger partial charge in [0.05, 0.1) is 13.2 Å². The number of carbonyl (C=O) groups excluding carboxylic acids is 4. The number of amides is 2. The molecule has 4 aromatic rings. The molecule has 2 amide bonds. The summed E-state index contributed by atoms with van der Waals surface area (Å²) in [6, 6.07) is 28.8. The van der Waals surface area contributed by atoms with Gasteiger partial charge in [0, 0.05) is 75.1 Å². The van der Waals surface area contributed by atoms with Gasteiger partial charge in [0.1, 0.15) is 0 Å². The summed E-state index contributed by atoms with van der Waals surface area (Å²) in [4.78, 5) is 49.6. The molecule has 0 fully saturated rings. The number of esters is 2. The zero-order chi connectivity index (χ0) is 41.6. The first kappa shape index (κ1) is 52.5. The molecule has 0 N–H and O–H groups in total. The molecule has 0 saturated carbocycles. The smallest absolute Gasteiger partial charge is 0.466 e. The molecule has 0 heterocycles. The molecule has 0 aromatic heterocycles. The van der Waals surface area contributed by atoms with E-state index in [-0.39, 0.29) is 95.4 Å². The molecule has 0 atom stereocenters. The molecule has 0 unspecified atom stereocenters. The fourth-order valence-corrected chi connectivity index (χ4v) is 4.87. The van der Waals surface area contributed by atoms with E-state index in [4.69, 9.17) is 9.47 Å². The average Bonchev–Trinajstić information content (AvgIpc) is 3.96. The minimum Gasteiger partial charge on any atom is -0.466 e. The van der Waals surface area contributed by atoms with Crippen LogP contribution in [0.5, 0.6) is 0 Å². The monoisotopic (exact) mass is 830 g/mol. The molecule has 0 aliphatic carbocycles. The molecule has 0 radical (unpaired) electrons. The van der Waals surface area contributed by atoms with Crippen molar-refractivity contribution in [2.24, 2.45) is 0 Å². The summed E-state index contributed by atoms with van der Waals surface area (Å²) in [5.74, 6) is -3.87. The molecule has 4 rings (SSSR count). The molecular weight excluding hydrogens is 776 g/mol. The molecule has 13 heteroatoms. The largest absolute Gasteiger partial charge is 4.00 e. The Balaban J connectivity index is 0.000000865. The van der Waals surface area contributed by atoms with Crippen LogP contribution < -0.4 is 0 Å². The summed E-state index contributed by atoms with van der Waals surface area (Å²) in [5, 5.41) is 0. The predicted molar refractivity (Wildman–Crippen MR) is 207 cm³/mol. The molecule has 308 valence electrons. The zero-order valence-corrected chi connectivity index (χ0v) is 34.9. The second kappa shape index (κ2) is 32.5. The quantitative estimate of drug-likeness (QED) is 0.0327. The topological polar surface area (TPSA) is 93.2 Å². The van der Waals surface area contributed by atoms with Crippen LogP contribution in [0, 0.1) is 35.4 Å². The van der Waals surface area contributed by atoms with Crippen LogP contribution >= 0.6 is 0 Å². The number of halogens is 4. The van der Waals surface area contributed by atoms with Gasteiger partial charge in [-0.2, -0.15) is 48.5 Å². The number of hydrogen-bond acceptors (Lipinski definition) is 6. The molecule has 0 saturated heterocycles. The van der Waals surface area contributed by atoms with Crippen molar-refractivity contribution < 1.29 is 67.9 Å². The third-order valence-corrected chi connectivity index (χ3v) is 7.84. The fourth-order valence-electron chi connectivity index (χ4n) is 4.87. The summed E-state index contributed by atoms with van der Waals surface area (Å²) in [6.45, 7) is 8.78. The Kier molecular flexibility index (Phi) is 29.9. The molecule has 0 spiro atoms. The number of rotatable bonds is 18. The Morgan fingerprint density at radius 2 is 0.895 bits per heavy atom. The van der Waals surface area contributed by atoms with Gasteiger partial charge in [-0.3, -0.25) is 19.2 Å². The van der Waals surface area contributed by atoms with Crippen molar-refractivity contribution in [2.75, 3.05) is 26.3 Å². The van der Waals surface area contributed by atoms with E-state index in [0.717, 1.165) is 12.1 Å². The summed E-state index contributed by atoms with van der Waals surface area (Å²) < 4.78 is 62.5. The molecule has 0 aliphatic heterocycles. The third-order valence-electron chi connectivity index (χ3n) is 7.84. The van der Waals surface area contributed by atoms with Crippen LogP contribution in [0.15, 0.2) is 84.9 Å². The van der Waals surface area contributed by atoms with Gasteiger partial charge in [-0.25, -0.2) is 41.8 Å². The van der Waals surface area contributed by atoms with Crippen LogP contribution in [0.2, 0.25) is 0 Å². The Labute approximate surface area is 350 Å². The number of ether oxygens (including phenoxy) is 2. The van der Waals surface area contributed by atoms with E-state index in [2.05, 4.69) is 0 Å². The van der Waals surface area contributed by atoms with Crippen LogP contribution in [0.1, 0.15) is 90.2 Å². The molecule has 57 heavy (non-hydrogen) atoms. The van der Waals surface area contributed by atoms with Crippen molar-refractivity contribution in [1.82, 2.24) is 9.80 Å². The Bertz CT molecular complexity index is 1500. The van der Waals surface area contributed by atoms with E-state index in [9.17, 15) is 36.7 Å². The number of benzene rings is 2. The predicted octanol–water partition coefficient (Wildman–Crippen LogP) is 9.28. The van der Waals surface area contributed by atoms with Gasteiger partial charge in [-0.1, -0.05) is 0 Å². The van der Waals surface area contributed by atoms with E-state index in [1.807, 2.05) is 72.8 Å². The maximum atomic E-state index is 13.6. The number of carbonyl (C=O) groups is 4. The molecule has 8 nitrogen and oxygen atoms in total. The van der Waals surface area contributed by atoms with Crippen LogP contribution in [0.3, 0.4) is 0 Å². The maximum Gasteiger partial charge on any atom is 4.00 e. The van der Waals surface area contributed by atoms with Gasteiger partial charge < -0.3 is 19.3 Å². The first-order valence-corrected chi connectivity index (χ1v) is 18.9. The fraction of sp³-hybridized carbons (Fsp3) is 0.409. The van der Waals surface area contributed by atoms with Crippen molar-refractivity contribution in [3.63, 3.8) is 0 Å². The SMILES string of the molecule is CCOC(=O)CCCCC(=O)N(CC)Cc1ccc(F)[c-]c1F.CCOC(=O)CCCCC(=O)N(CC)Cc1ccc(F)[c-]c1F.[Ti+4].c1cc[cH-]c1.c1cc[cH-]c1. The van der Waals surface area contributed by atoms with Crippen LogP contribution in [0.4, 0.5) is 17.6 Å². The molecular formula is C44H54F4N2O6Ti. The molecule has 4 aromatic carbocycles. The van der Waals surface area contributed by atoms with Crippen LogP contribution in [-0.2, 0) is 63.5 Å². The van der Waals surface area contributed by atoms with Crippen LogP contribution in [-0.4, -0.2) is 59.9 Å². The van der Waals surface area contributed by atoms with Gasteiger partial charge in [0.25, 0.3) is 0 Å². The minimum atomic E-state index is -0.779. The first-order chi connectivity index (χ1) is 26.9. The summed E-state index contributed by atoms with van der Waals surface area (Å²) >= 11 is 0. The van der Waals surface area contributed by atoms with Gasteiger partial charge in [0.2, 0.25) is 11.8 Å². The Morgan fingerprint density at radius 3 is 1.16 bits per heavy atom. The van der Waals surface area contributed by atoms with Crippen molar-refractivity contribution in [2.45, 2.75) is 92.2 Å². The third kappa shape index (κ3) is 24.6. The van der Waals surface area contributed by atoms with E-state index < -0.39 is 23.3 Å². The second-order valence-electron chi connectivity index (χ2n) is 12.1. The van der Waals surface area contributed by atoms with Gasteiger partial charge >= 0.3 is 33.7 Å². The Morgan fingerprint density at radius 1 is 0.561 bits per heavy atom. The van der Waals surface area contributed by atoms with Crippen molar-refractivity contribution >= 4 is 23.8 Å². The minimum absolute atomic E-state index is 0. The average molecular weight is 831 g/mol. The standard InChI is InChI=1S/2C17H22F2NO3.2C5H5.Ti/c2*1-3-20(12-13-9-10-14(18)11-15(13)19)16(21)7-5-6-8-17(22)23-4-2;2*1-2-4-5-3-1;/h2*9-10H,3-8,12H2,1-2H3;2*1-5H;/q4*-1;+4. The summed E-state index contributed by atoms with van der Waals surface area (Å²) in [7, 11) is 0.